The minimum atomic E-state index is -2.44. The lowest BCUT2D eigenvalue weighted by Gasteiger charge is -2.46. The molecule has 5 heteroatoms. The van der Waals surface area contributed by atoms with Crippen LogP contribution < -0.4 is 0 Å². The lowest BCUT2D eigenvalue weighted by molar-refractivity contribution is -0.140. The molecule has 3 nitrogen and oxygen atoms in total. The van der Waals surface area contributed by atoms with Crippen LogP contribution in [0, 0.1) is 0 Å². The van der Waals surface area contributed by atoms with E-state index in [2.05, 4.69) is 4.90 Å². The monoisotopic (exact) mass is 218 g/mol. The summed E-state index contributed by atoms with van der Waals surface area (Å²) in [4.78, 5) is 14.9. The van der Waals surface area contributed by atoms with Gasteiger partial charge in [0.05, 0.1) is 0 Å². The fourth-order valence-corrected chi connectivity index (χ4v) is 2.29. The van der Waals surface area contributed by atoms with Gasteiger partial charge in [-0.05, 0) is 0 Å². The van der Waals surface area contributed by atoms with Crippen LogP contribution in [0.2, 0.25) is 0 Å². The van der Waals surface area contributed by atoms with Crippen molar-refractivity contribution in [2.45, 2.75) is 31.7 Å². The fourth-order valence-electron chi connectivity index (χ4n) is 2.29. The van der Waals surface area contributed by atoms with E-state index in [9.17, 15) is 13.6 Å². The molecule has 0 aromatic rings. The van der Waals surface area contributed by atoms with Crippen LogP contribution in [0.25, 0.3) is 0 Å². The van der Waals surface area contributed by atoms with Gasteiger partial charge >= 0.3 is 0 Å². The quantitative estimate of drug-likeness (QED) is 0.654. The second-order valence-electron chi connectivity index (χ2n) is 4.46. The number of hydrogen-bond donors (Lipinski definition) is 0. The molecule has 1 saturated carbocycles. The fraction of sp³-hybridized carbons (Fsp3) is 0.900. The van der Waals surface area contributed by atoms with E-state index in [0.717, 1.165) is 13.1 Å². The number of carbonyl (C=O) groups is 1. The minimum Gasteiger partial charge on any atom is -0.340 e. The average molecular weight is 218 g/mol. The molecule has 0 bridgehead atoms. The number of carbonyl (C=O) groups excluding carboxylic acids is 1. The van der Waals surface area contributed by atoms with Crippen molar-refractivity contribution >= 4 is 5.91 Å². The van der Waals surface area contributed by atoms with Crippen molar-refractivity contribution in [3.63, 3.8) is 0 Å². The Morgan fingerprint density at radius 2 is 1.73 bits per heavy atom. The Morgan fingerprint density at radius 1 is 1.20 bits per heavy atom. The van der Waals surface area contributed by atoms with Crippen LogP contribution in [0.3, 0.4) is 0 Å². The van der Waals surface area contributed by atoms with Gasteiger partial charge in [0.15, 0.2) is 0 Å². The smallest absolute Gasteiger partial charge is 0.251 e. The Labute approximate surface area is 88.0 Å². The summed E-state index contributed by atoms with van der Waals surface area (Å²) >= 11 is 0. The molecule has 1 saturated heterocycles. The molecule has 0 unspecified atom stereocenters. The zero-order chi connectivity index (χ0) is 11.1. The number of amides is 1. The van der Waals surface area contributed by atoms with Gasteiger partial charge in [-0.2, -0.15) is 0 Å². The van der Waals surface area contributed by atoms with Crippen LogP contribution >= 0.6 is 0 Å². The van der Waals surface area contributed by atoms with Crippen LogP contribution in [-0.4, -0.2) is 53.9 Å². The summed E-state index contributed by atoms with van der Waals surface area (Å²) in [6.45, 7) is 4.38. The molecular weight excluding hydrogens is 202 g/mol. The topological polar surface area (TPSA) is 23.6 Å². The lowest BCUT2D eigenvalue weighted by atomic mass is 9.86. The molecule has 1 aliphatic carbocycles. The summed E-state index contributed by atoms with van der Waals surface area (Å²) in [5, 5.41) is 0. The third-order valence-electron chi connectivity index (χ3n) is 3.34. The Kier molecular flexibility index (Phi) is 2.66. The van der Waals surface area contributed by atoms with E-state index in [1.807, 2.05) is 0 Å². The van der Waals surface area contributed by atoms with Crippen LogP contribution in [0.1, 0.15) is 19.8 Å². The molecule has 1 aliphatic heterocycles. The van der Waals surface area contributed by atoms with E-state index >= 15 is 0 Å². The lowest BCUT2D eigenvalue weighted by Crippen LogP contribution is -2.57. The first-order chi connectivity index (χ1) is 6.98. The molecule has 0 aromatic heterocycles. The largest absolute Gasteiger partial charge is 0.340 e. The van der Waals surface area contributed by atoms with E-state index in [-0.39, 0.29) is 24.8 Å². The van der Waals surface area contributed by atoms with Crippen LogP contribution in [0.5, 0.6) is 0 Å². The second-order valence-corrected chi connectivity index (χ2v) is 4.46. The van der Waals surface area contributed by atoms with Crippen molar-refractivity contribution in [3.8, 4) is 0 Å². The van der Waals surface area contributed by atoms with Crippen molar-refractivity contribution in [1.82, 2.24) is 9.80 Å². The molecule has 0 aromatic carbocycles. The van der Waals surface area contributed by atoms with Gasteiger partial charge in [-0.3, -0.25) is 9.69 Å². The van der Waals surface area contributed by atoms with E-state index in [4.69, 9.17) is 0 Å². The van der Waals surface area contributed by atoms with Crippen molar-refractivity contribution in [2.24, 2.45) is 0 Å². The normalized spacial score (nSPS) is 27.5. The van der Waals surface area contributed by atoms with Crippen LogP contribution in [-0.2, 0) is 4.79 Å². The summed E-state index contributed by atoms with van der Waals surface area (Å²) in [7, 11) is 0. The number of piperazine rings is 1. The zero-order valence-corrected chi connectivity index (χ0v) is 8.88. The predicted molar refractivity (Wildman–Crippen MR) is 51.8 cm³/mol. The SMILES string of the molecule is CC(=O)N1CCN(C2CC(F)(F)C2)CC1. The molecule has 0 N–H and O–H groups in total. The average Bonchev–Trinajstić information content (AvgIpc) is 2.14. The minimum absolute atomic E-state index is 0.00687. The van der Waals surface area contributed by atoms with E-state index < -0.39 is 5.92 Å². The number of alkyl halides is 2. The molecule has 0 atom stereocenters. The molecular formula is C10H16F2N2O. The van der Waals surface area contributed by atoms with Gasteiger partial charge in [-0.15, -0.1) is 0 Å². The van der Waals surface area contributed by atoms with Crippen molar-refractivity contribution in [2.75, 3.05) is 26.2 Å². The third-order valence-corrected chi connectivity index (χ3v) is 3.34. The molecule has 15 heavy (non-hydrogen) atoms. The number of halogens is 2. The van der Waals surface area contributed by atoms with Gasteiger partial charge in [0.25, 0.3) is 5.92 Å². The van der Waals surface area contributed by atoms with E-state index in [0.29, 0.717) is 13.1 Å². The van der Waals surface area contributed by atoms with Gasteiger partial charge in [0.1, 0.15) is 0 Å². The predicted octanol–water partition coefficient (Wildman–Crippen LogP) is 0.948. The highest BCUT2D eigenvalue weighted by Gasteiger charge is 2.48. The molecule has 2 rings (SSSR count). The summed E-state index contributed by atoms with van der Waals surface area (Å²) in [6.07, 6.45) is -0.0137. The Hall–Kier alpha value is -0.710. The second kappa shape index (κ2) is 3.70. The number of hydrogen-bond acceptors (Lipinski definition) is 2. The highest BCUT2D eigenvalue weighted by atomic mass is 19.3. The first-order valence-electron chi connectivity index (χ1n) is 5.35. The van der Waals surface area contributed by atoms with Crippen LogP contribution in [0.15, 0.2) is 0 Å². The first kappa shape index (κ1) is 10.8. The van der Waals surface area contributed by atoms with Gasteiger partial charge in [0, 0.05) is 52.0 Å². The third kappa shape index (κ3) is 2.27. The van der Waals surface area contributed by atoms with Crippen LogP contribution in [0.4, 0.5) is 8.78 Å². The molecule has 0 radical (unpaired) electrons. The van der Waals surface area contributed by atoms with Gasteiger partial charge < -0.3 is 4.90 Å². The molecule has 86 valence electrons. The van der Waals surface area contributed by atoms with E-state index in [1.165, 1.54) is 0 Å². The molecule has 0 spiro atoms. The Balaban J connectivity index is 1.77. The maximum Gasteiger partial charge on any atom is 0.251 e. The molecule has 2 aliphatic rings. The summed E-state index contributed by atoms with van der Waals surface area (Å²) in [5.74, 6) is -2.36. The molecule has 1 heterocycles. The number of rotatable bonds is 1. The van der Waals surface area contributed by atoms with E-state index in [1.54, 1.807) is 11.8 Å². The van der Waals surface area contributed by atoms with Gasteiger partial charge in [-0.25, -0.2) is 8.78 Å². The highest BCUT2D eigenvalue weighted by Crippen LogP contribution is 2.40. The van der Waals surface area contributed by atoms with Crippen molar-refractivity contribution in [1.29, 1.82) is 0 Å². The summed E-state index contributed by atoms with van der Waals surface area (Å²) < 4.78 is 25.3. The summed E-state index contributed by atoms with van der Waals surface area (Å²) in [6, 6.07) is 0.0362. The Morgan fingerprint density at radius 3 is 2.13 bits per heavy atom. The Bertz CT molecular complexity index is 254. The van der Waals surface area contributed by atoms with Gasteiger partial charge in [-0.1, -0.05) is 0 Å². The standard InChI is InChI=1S/C10H16F2N2O/c1-8(15)13-2-4-14(5-3-13)9-6-10(11,12)7-9/h9H,2-7H2,1H3. The zero-order valence-electron chi connectivity index (χ0n) is 8.88. The number of nitrogens with zero attached hydrogens (tertiary/aromatic N) is 2. The maximum absolute atomic E-state index is 12.7. The maximum atomic E-state index is 12.7. The van der Waals surface area contributed by atoms with Crippen molar-refractivity contribution in [3.05, 3.63) is 0 Å². The van der Waals surface area contributed by atoms with Crippen molar-refractivity contribution < 1.29 is 13.6 Å². The summed E-state index contributed by atoms with van der Waals surface area (Å²) in [5.41, 5.74) is 0. The molecule has 2 fully saturated rings. The highest BCUT2D eigenvalue weighted by molar-refractivity contribution is 5.73. The van der Waals surface area contributed by atoms with Gasteiger partial charge in [0.2, 0.25) is 5.91 Å². The first-order valence-corrected chi connectivity index (χ1v) is 5.35. The molecule has 1 amide bonds.